The van der Waals surface area contributed by atoms with Crippen LogP contribution in [-0.2, 0) is 10.0 Å². The normalized spacial score (nSPS) is 13.2. The molecule has 7 heteroatoms. The van der Waals surface area contributed by atoms with Crippen molar-refractivity contribution in [3.8, 4) is 0 Å². The molecule has 0 heterocycles. The number of halogens is 1. The molecule has 0 amide bonds. The van der Waals surface area contributed by atoms with Crippen LogP contribution in [0.5, 0.6) is 0 Å². The van der Waals surface area contributed by atoms with Crippen molar-refractivity contribution >= 4 is 16.0 Å². The average molecular weight is 289 g/mol. The van der Waals surface area contributed by atoms with Crippen molar-refractivity contribution in [1.82, 2.24) is 4.72 Å². The van der Waals surface area contributed by atoms with Gasteiger partial charge in [-0.2, -0.15) is 0 Å². The third-order valence-corrected chi connectivity index (χ3v) is 4.15. The van der Waals surface area contributed by atoms with Crippen molar-refractivity contribution in [2.75, 3.05) is 0 Å². The van der Waals surface area contributed by atoms with E-state index in [9.17, 15) is 17.6 Å². The topological polar surface area (TPSA) is 83.5 Å². The molecule has 0 aliphatic rings. The minimum atomic E-state index is -4.06. The summed E-state index contributed by atoms with van der Waals surface area (Å²) in [4.78, 5) is 10.1. The molecule has 1 aromatic rings. The summed E-state index contributed by atoms with van der Waals surface area (Å²) in [6.45, 7) is 3.57. The Morgan fingerprint density at radius 2 is 2.11 bits per heavy atom. The number of carbonyl (C=O) groups is 1. The van der Waals surface area contributed by atoms with Gasteiger partial charge in [-0.1, -0.05) is 13.3 Å². The predicted octanol–water partition coefficient (Wildman–Crippen LogP) is 1.99. The van der Waals surface area contributed by atoms with Crippen LogP contribution in [0.15, 0.2) is 23.1 Å². The van der Waals surface area contributed by atoms with Gasteiger partial charge in [-0.05, 0) is 31.5 Å². The van der Waals surface area contributed by atoms with Gasteiger partial charge >= 0.3 is 5.97 Å². The van der Waals surface area contributed by atoms with Crippen LogP contribution in [0.3, 0.4) is 0 Å². The number of benzene rings is 1. The van der Waals surface area contributed by atoms with E-state index in [-0.39, 0.29) is 11.6 Å². The van der Waals surface area contributed by atoms with E-state index >= 15 is 0 Å². The first kappa shape index (κ1) is 15.6. The number of nitrogens with one attached hydrogen (secondary N) is 1. The van der Waals surface area contributed by atoms with Crippen LogP contribution in [0.1, 0.15) is 37.0 Å². The Balaban J connectivity index is 3.13. The zero-order valence-corrected chi connectivity index (χ0v) is 11.5. The fourth-order valence-corrected chi connectivity index (χ4v) is 3.04. The minimum absolute atomic E-state index is 0.273. The SMILES string of the molecule is CCCC(C)NS(=O)(=O)c1cc(C(=O)O)ccc1F. The number of aromatic carboxylic acids is 1. The van der Waals surface area contributed by atoms with Crippen molar-refractivity contribution in [2.45, 2.75) is 37.6 Å². The second-order valence-electron chi connectivity index (χ2n) is 4.26. The van der Waals surface area contributed by atoms with Crippen molar-refractivity contribution in [3.63, 3.8) is 0 Å². The first-order chi connectivity index (χ1) is 8.77. The van der Waals surface area contributed by atoms with Crippen molar-refractivity contribution in [3.05, 3.63) is 29.6 Å². The van der Waals surface area contributed by atoms with Crippen LogP contribution in [0, 0.1) is 5.82 Å². The molecule has 1 atom stereocenters. The zero-order chi connectivity index (χ0) is 14.6. The second-order valence-corrected chi connectivity index (χ2v) is 5.94. The van der Waals surface area contributed by atoms with Crippen LogP contribution in [0.25, 0.3) is 0 Å². The van der Waals surface area contributed by atoms with Crippen molar-refractivity contribution < 1.29 is 22.7 Å². The summed E-state index contributed by atoms with van der Waals surface area (Å²) in [5, 5.41) is 8.79. The van der Waals surface area contributed by atoms with Crippen LogP contribution in [0.2, 0.25) is 0 Å². The Morgan fingerprint density at radius 3 is 2.63 bits per heavy atom. The number of carboxylic acid groups (broad SMARTS) is 1. The van der Waals surface area contributed by atoms with E-state index in [1.807, 2.05) is 6.92 Å². The Morgan fingerprint density at radius 1 is 1.47 bits per heavy atom. The molecule has 0 aliphatic heterocycles. The summed E-state index contributed by atoms with van der Waals surface area (Å²) in [5.74, 6) is -2.28. The van der Waals surface area contributed by atoms with E-state index in [2.05, 4.69) is 4.72 Å². The molecule has 2 N–H and O–H groups in total. The smallest absolute Gasteiger partial charge is 0.335 e. The van der Waals surface area contributed by atoms with E-state index < -0.39 is 26.7 Å². The van der Waals surface area contributed by atoms with Gasteiger partial charge in [0.25, 0.3) is 0 Å². The molecule has 1 aromatic carbocycles. The highest BCUT2D eigenvalue weighted by molar-refractivity contribution is 7.89. The Kier molecular flexibility index (Phi) is 5.02. The number of sulfonamides is 1. The zero-order valence-electron chi connectivity index (χ0n) is 10.7. The third kappa shape index (κ3) is 4.00. The molecule has 0 spiro atoms. The maximum Gasteiger partial charge on any atom is 0.335 e. The highest BCUT2D eigenvalue weighted by Crippen LogP contribution is 2.17. The van der Waals surface area contributed by atoms with Gasteiger partial charge in [-0.25, -0.2) is 22.3 Å². The summed E-state index contributed by atoms with van der Waals surface area (Å²) >= 11 is 0. The lowest BCUT2D eigenvalue weighted by Crippen LogP contribution is -2.33. The van der Waals surface area contributed by atoms with Crippen molar-refractivity contribution in [1.29, 1.82) is 0 Å². The molecule has 1 unspecified atom stereocenters. The maximum atomic E-state index is 13.6. The van der Waals surface area contributed by atoms with E-state index in [1.54, 1.807) is 6.92 Å². The van der Waals surface area contributed by atoms with Crippen LogP contribution < -0.4 is 4.72 Å². The molecule has 1 rings (SSSR count). The minimum Gasteiger partial charge on any atom is -0.478 e. The monoisotopic (exact) mass is 289 g/mol. The Labute approximate surface area is 111 Å². The molecule has 0 fully saturated rings. The summed E-state index contributed by atoms with van der Waals surface area (Å²) < 4.78 is 39.8. The lowest BCUT2D eigenvalue weighted by molar-refractivity contribution is 0.0696. The van der Waals surface area contributed by atoms with E-state index in [1.165, 1.54) is 0 Å². The van der Waals surface area contributed by atoms with Gasteiger partial charge in [-0.15, -0.1) is 0 Å². The standard InChI is InChI=1S/C12H16FNO4S/c1-3-4-8(2)14-19(17,18)11-7-9(12(15)16)5-6-10(11)13/h5-8,14H,3-4H2,1-2H3,(H,15,16). The van der Waals surface area contributed by atoms with Gasteiger partial charge in [0.05, 0.1) is 5.56 Å². The fourth-order valence-electron chi connectivity index (χ4n) is 1.66. The molecule has 0 saturated heterocycles. The highest BCUT2D eigenvalue weighted by atomic mass is 32.2. The quantitative estimate of drug-likeness (QED) is 0.839. The molecule has 0 radical (unpaired) electrons. The first-order valence-electron chi connectivity index (χ1n) is 5.83. The molecule has 5 nitrogen and oxygen atoms in total. The fraction of sp³-hybridized carbons (Fsp3) is 0.417. The molecule has 19 heavy (non-hydrogen) atoms. The predicted molar refractivity (Wildman–Crippen MR) is 68.1 cm³/mol. The van der Waals surface area contributed by atoms with E-state index in [0.717, 1.165) is 24.6 Å². The van der Waals surface area contributed by atoms with Crippen LogP contribution in [0.4, 0.5) is 4.39 Å². The molecule has 0 bridgehead atoms. The average Bonchev–Trinajstić information content (AvgIpc) is 2.28. The van der Waals surface area contributed by atoms with Crippen molar-refractivity contribution in [2.24, 2.45) is 0 Å². The van der Waals surface area contributed by atoms with E-state index in [4.69, 9.17) is 5.11 Å². The molecular weight excluding hydrogens is 273 g/mol. The highest BCUT2D eigenvalue weighted by Gasteiger charge is 2.22. The Hall–Kier alpha value is -1.47. The number of hydrogen-bond donors (Lipinski definition) is 2. The van der Waals surface area contributed by atoms with Gasteiger partial charge in [0.15, 0.2) is 0 Å². The molecule has 0 aromatic heterocycles. The summed E-state index contributed by atoms with van der Waals surface area (Å²) in [5.41, 5.74) is -0.273. The summed E-state index contributed by atoms with van der Waals surface area (Å²) in [7, 11) is -4.06. The summed E-state index contributed by atoms with van der Waals surface area (Å²) in [6, 6.07) is 2.33. The molecular formula is C12H16FNO4S. The van der Waals surface area contributed by atoms with E-state index in [0.29, 0.717) is 6.42 Å². The summed E-state index contributed by atoms with van der Waals surface area (Å²) in [6.07, 6.45) is 1.39. The Bertz CT molecular complexity index is 571. The largest absolute Gasteiger partial charge is 0.478 e. The van der Waals surface area contributed by atoms with Gasteiger partial charge in [0.2, 0.25) is 10.0 Å². The van der Waals surface area contributed by atoms with Gasteiger partial charge < -0.3 is 5.11 Å². The third-order valence-electron chi connectivity index (χ3n) is 2.55. The van der Waals surface area contributed by atoms with Gasteiger partial charge in [-0.3, -0.25) is 0 Å². The van der Waals surface area contributed by atoms with Crippen LogP contribution in [-0.4, -0.2) is 25.5 Å². The lowest BCUT2D eigenvalue weighted by Gasteiger charge is -2.14. The molecule has 0 saturated carbocycles. The van der Waals surface area contributed by atoms with Gasteiger partial charge in [0, 0.05) is 6.04 Å². The maximum absolute atomic E-state index is 13.6. The number of hydrogen-bond acceptors (Lipinski definition) is 3. The first-order valence-corrected chi connectivity index (χ1v) is 7.31. The van der Waals surface area contributed by atoms with Crippen LogP contribution >= 0.6 is 0 Å². The molecule has 0 aliphatic carbocycles. The molecule has 106 valence electrons. The second kappa shape index (κ2) is 6.12. The number of rotatable bonds is 6. The van der Waals surface area contributed by atoms with Gasteiger partial charge in [0.1, 0.15) is 10.7 Å². The number of carboxylic acids is 1. The lowest BCUT2D eigenvalue weighted by atomic mass is 10.2.